The predicted molar refractivity (Wildman–Crippen MR) is 125 cm³/mol. The number of nitrogens with one attached hydrogen (secondary N) is 1. The molecule has 1 aliphatic carbocycles. The number of nitriles is 1. The minimum atomic E-state index is -0.626. The molecule has 0 saturated heterocycles. The van der Waals surface area contributed by atoms with Gasteiger partial charge in [-0.05, 0) is 50.3 Å². The van der Waals surface area contributed by atoms with Crippen LogP contribution in [-0.4, -0.2) is 39.8 Å². The first kappa shape index (κ1) is 24.1. The zero-order valence-electron chi connectivity index (χ0n) is 19.1. The van der Waals surface area contributed by atoms with E-state index in [9.17, 15) is 14.9 Å². The number of fused-ring (bicyclic) bond motifs is 1. The molecule has 0 saturated carbocycles. The second-order valence-corrected chi connectivity index (χ2v) is 8.31. The Bertz CT molecular complexity index is 1130. The summed E-state index contributed by atoms with van der Waals surface area (Å²) in [7, 11) is 4.47. The molecule has 2 aromatic rings. The number of carbonyl (C=O) groups is 2. The highest BCUT2D eigenvalue weighted by Gasteiger charge is 2.28. The molecule has 0 aliphatic heterocycles. The van der Waals surface area contributed by atoms with Crippen molar-refractivity contribution in [2.24, 2.45) is 0 Å². The first-order valence-corrected chi connectivity index (χ1v) is 11.3. The number of ether oxygens (including phenoxy) is 4. The van der Waals surface area contributed by atoms with E-state index in [1.807, 2.05) is 6.07 Å². The van der Waals surface area contributed by atoms with E-state index in [1.165, 1.54) is 38.7 Å². The van der Waals surface area contributed by atoms with E-state index in [2.05, 4.69) is 5.32 Å². The Labute approximate surface area is 196 Å². The van der Waals surface area contributed by atoms with E-state index in [-0.39, 0.29) is 12.2 Å². The highest BCUT2D eigenvalue weighted by molar-refractivity contribution is 7.17. The van der Waals surface area contributed by atoms with E-state index in [1.54, 1.807) is 19.1 Å². The Morgan fingerprint density at radius 2 is 1.76 bits per heavy atom. The van der Waals surface area contributed by atoms with Crippen molar-refractivity contribution in [2.75, 3.05) is 33.3 Å². The van der Waals surface area contributed by atoms with Crippen molar-refractivity contribution in [2.45, 2.75) is 32.6 Å². The number of rotatable bonds is 8. The van der Waals surface area contributed by atoms with Gasteiger partial charge < -0.3 is 24.3 Å². The summed E-state index contributed by atoms with van der Waals surface area (Å²) in [5.74, 6) is 0.206. The second kappa shape index (κ2) is 10.9. The van der Waals surface area contributed by atoms with Crippen LogP contribution in [-0.2, 0) is 22.4 Å². The summed E-state index contributed by atoms with van der Waals surface area (Å²) in [6, 6.07) is 5.17. The number of amides is 1. The maximum atomic E-state index is 13.0. The standard InChI is InChI=1S/C24H26N2O6S/c1-5-32-24(28)21-16-8-6-7-9-20(16)33-23(21)26-22(27)15(13-25)10-14-11-18(30-3)19(31-4)12-17(14)29-2/h10-12H,5-9H2,1-4H3,(H,26,27)/b15-10-. The first-order valence-electron chi connectivity index (χ1n) is 10.5. The normalized spacial score (nSPS) is 12.9. The van der Waals surface area contributed by atoms with Crippen molar-refractivity contribution in [3.63, 3.8) is 0 Å². The van der Waals surface area contributed by atoms with E-state index < -0.39 is 11.9 Å². The molecule has 0 atom stereocenters. The summed E-state index contributed by atoms with van der Waals surface area (Å²) in [6.07, 6.45) is 5.04. The molecule has 174 valence electrons. The monoisotopic (exact) mass is 470 g/mol. The number of thiophene rings is 1. The third kappa shape index (κ3) is 5.12. The number of methoxy groups -OCH3 is 3. The van der Waals surface area contributed by atoms with Crippen molar-refractivity contribution in [3.8, 4) is 23.3 Å². The van der Waals surface area contributed by atoms with Gasteiger partial charge >= 0.3 is 5.97 Å². The maximum absolute atomic E-state index is 13.0. The minimum Gasteiger partial charge on any atom is -0.496 e. The van der Waals surface area contributed by atoms with Gasteiger partial charge in [0.2, 0.25) is 0 Å². The fourth-order valence-electron chi connectivity index (χ4n) is 3.71. The van der Waals surface area contributed by atoms with Gasteiger partial charge in [0.05, 0.1) is 33.5 Å². The van der Waals surface area contributed by atoms with Gasteiger partial charge in [-0.25, -0.2) is 4.79 Å². The number of benzene rings is 1. The molecule has 0 bridgehead atoms. The molecule has 0 unspecified atom stereocenters. The van der Waals surface area contributed by atoms with Gasteiger partial charge in [0, 0.05) is 16.5 Å². The van der Waals surface area contributed by atoms with Crippen LogP contribution in [0.5, 0.6) is 17.2 Å². The summed E-state index contributed by atoms with van der Waals surface area (Å²) >= 11 is 1.37. The van der Waals surface area contributed by atoms with E-state index >= 15 is 0 Å². The number of hydrogen-bond acceptors (Lipinski definition) is 8. The number of anilines is 1. The zero-order chi connectivity index (χ0) is 24.0. The lowest BCUT2D eigenvalue weighted by Crippen LogP contribution is -2.16. The number of nitrogens with zero attached hydrogens (tertiary/aromatic N) is 1. The average molecular weight is 471 g/mol. The van der Waals surface area contributed by atoms with Crippen LogP contribution < -0.4 is 19.5 Å². The van der Waals surface area contributed by atoms with Crippen LogP contribution in [0.3, 0.4) is 0 Å². The topological polar surface area (TPSA) is 107 Å². The van der Waals surface area contributed by atoms with Crippen molar-refractivity contribution in [1.82, 2.24) is 0 Å². The summed E-state index contributed by atoms with van der Waals surface area (Å²) < 4.78 is 21.2. The first-order chi connectivity index (χ1) is 16.0. The second-order valence-electron chi connectivity index (χ2n) is 7.21. The van der Waals surface area contributed by atoms with E-state index in [0.29, 0.717) is 33.4 Å². The van der Waals surface area contributed by atoms with Gasteiger partial charge in [0.1, 0.15) is 22.4 Å². The molecule has 8 nitrogen and oxygen atoms in total. The lowest BCUT2D eigenvalue weighted by molar-refractivity contribution is -0.112. The Balaban J connectivity index is 1.97. The summed E-state index contributed by atoms with van der Waals surface area (Å²) in [5, 5.41) is 12.9. The highest BCUT2D eigenvalue weighted by Crippen LogP contribution is 2.39. The Morgan fingerprint density at radius 1 is 1.09 bits per heavy atom. The fraction of sp³-hybridized carbons (Fsp3) is 0.375. The Morgan fingerprint density at radius 3 is 2.39 bits per heavy atom. The average Bonchev–Trinajstić information content (AvgIpc) is 3.19. The van der Waals surface area contributed by atoms with Gasteiger partial charge in [-0.3, -0.25) is 4.79 Å². The molecule has 0 fully saturated rings. The summed E-state index contributed by atoms with van der Waals surface area (Å²) in [5.41, 5.74) is 1.65. The maximum Gasteiger partial charge on any atom is 0.341 e. The van der Waals surface area contributed by atoms with Crippen LogP contribution >= 0.6 is 11.3 Å². The molecule has 33 heavy (non-hydrogen) atoms. The Hall–Kier alpha value is -3.51. The smallest absolute Gasteiger partial charge is 0.341 e. The van der Waals surface area contributed by atoms with E-state index in [4.69, 9.17) is 18.9 Å². The van der Waals surface area contributed by atoms with Crippen molar-refractivity contribution in [1.29, 1.82) is 5.26 Å². The van der Waals surface area contributed by atoms with Crippen LogP contribution in [0.25, 0.3) is 6.08 Å². The molecule has 1 aromatic carbocycles. The van der Waals surface area contributed by atoms with Crippen molar-refractivity contribution >= 4 is 34.3 Å². The molecule has 0 radical (unpaired) electrons. The third-order valence-electron chi connectivity index (χ3n) is 5.28. The molecule has 3 rings (SSSR count). The fourth-order valence-corrected chi connectivity index (χ4v) is 4.99. The third-order valence-corrected chi connectivity index (χ3v) is 6.49. The van der Waals surface area contributed by atoms with Gasteiger partial charge in [-0.2, -0.15) is 5.26 Å². The molecule has 1 amide bonds. The summed E-state index contributed by atoms with van der Waals surface area (Å²) in [4.78, 5) is 26.7. The number of esters is 1. The molecule has 1 N–H and O–H groups in total. The highest BCUT2D eigenvalue weighted by atomic mass is 32.1. The summed E-state index contributed by atoms with van der Waals surface area (Å²) in [6.45, 7) is 1.97. The van der Waals surface area contributed by atoms with Crippen LogP contribution in [0.15, 0.2) is 17.7 Å². The van der Waals surface area contributed by atoms with Gasteiger partial charge in [0.15, 0.2) is 11.5 Å². The van der Waals surface area contributed by atoms with Crippen molar-refractivity contribution in [3.05, 3.63) is 39.3 Å². The van der Waals surface area contributed by atoms with Crippen molar-refractivity contribution < 1.29 is 28.5 Å². The lowest BCUT2D eigenvalue weighted by atomic mass is 9.95. The molecule has 1 aliphatic rings. The number of carbonyl (C=O) groups excluding carboxylic acids is 2. The predicted octanol–water partition coefficient (Wildman–Crippen LogP) is 4.38. The van der Waals surface area contributed by atoms with E-state index in [0.717, 1.165) is 36.1 Å². The lowest BCUT2D eigenvalue weighted by Gasteiger charge is -2.13. The van der Waals surface area contributed by atoms with Gasteiger partial charge in [-0.1, -0.05) is 0 Å². The Kier molecular flexibility index (Phi) is 7.96. The zero-order valence-corrected chi connectivity index (χ0v) is 19.9. The molecular weight excluding hydrogens is 444 g/mol. The largest absolute Gasteiger partial charge is 0.496 e. The molecular formula is C24H26N2O6S. The molecule has 0 spiro atoms. The van der Waals surface area contributed by atoms with Gasteiger partial charge in [-0.15, -0.1) is 11.3 Å². The van der Waals surface area contributed by atoms with Crippen LogP contribution in [0.4, 0.5) is 5.00 Å². The van der Waals surface area contributed by atoms with Crippen LogP contribution in [0.1, 0.15) is 46.1 Å². The van der Waals surface area contributed by atoms with Crippen LogP contribution in [0.2, 0.25) is 0 Å². The molecule has 9 heteroatoms. The molecule has 1 heterocycles. The number of aryl methyl sites for hydroxylation is 1. The SMILES string of the molecule is CCOC(=O)c1c(NC(=O)/C(C#N)=C\c2cc(OC)c(OC)cc2OC)sc2c1CCCC2. The molecule has 1 aromatic heterocycles. The van der Waals surface area contributed by atoms with Crippen LogP contribution in [0, 0.1) is 11.3 Å². The minimum absolute atomic E-state index is 0.151. The van der Waals surface area contributed by atoms with Gasteiger partial charge in [0.25, 0.3) is 5.91 Å². The quantitative estimate of drug-likeness (QED) is 0.347. The number of hydrogen-bond donors (Lipinski definition) is 1.